The molecule has 0 aromatic heterocycles. The second-order valence-corrected chi connectivity index (χ2v) is 7.34. The highest BCUT2D eigenvalue weighted by Crippen LogP contribution is 2.29. The lowest BCUT2D eigenvalue weighted by Gasteiger charge is -2.16. The van der Waals surface area contributed by atoms with E-state index >= 15 is 0 Å². The molecule has 3 aliphatic rings. The number of hydrogen-bond acceptors (Lipinski definition) is 4. The first-order valence-electron chi connectivity index (χ1n) is 9.64. The molecule has 4 rings (SSSR count). The van der Waals surface area contributed by atoms with Crippen LogP contribution in [0.25, 0.3) is 0 Å². The van der Waals surface area contributed by atoms with Crippen molar-refractivity contribution in [3.8, 4) is 5.75 Å². The number of benzene rings is 1. The quantitative estimate of drug-likeness (QED) is 0.849. The molecule has 0 radical (unpaired) electrons. The van der Waals surface area contributed by atoms with Crippen LogP contribution in [0.4, 0.5) is 5.69 Å². The standard InChI is InChI=1S/C22H27N3O/c23-21(16-6-2-1-3-7-16)12-20-15-26-22-13-19(11-10-17(22)14-24-20)25-18-8-4-5-9-18/h1-3,6,10-13,16,18,25H,4-5,7-9,14-15,23H2. The molecular weight excluding hydrogens is 322 g/mol. The highest BCUT2D eigenvalue weighted by molar-refractivity contribution is 5.97. The van der Waals surface area contributed by atoms with Crippen molar-refractivity contribution >= 4 is 11.4 Å². The topological polar surface area (TPSA) is 59.6 Å². The summed E-state index contributed by atoms with van der Waals surface area (Å²) in [6, 6.07) is 6.99. The Balaban J connectivity index is 1.43. The molecule has 4 heteroatoms. The summed E-state index contributed by atoms with van der Waals surface area (Å²) in [6.07, 6.45) is 16.5. The first-order chi connectivity index (χ1) is 12.8. The molecule has 136 valence electrons. The Morgan fingerprint density at radius 2 is 2.12 bits per heavy atom. The van der Waals surface area contributed by atoms with Gasteiger partial charge in [0.25, 0.3) is 0 Å². The van der Waals surface area contributed by atoms with Crippen molar-refractivity contribution in [3.63, 3.8) is 0 Å². The van der Waals surface area contributed by atoms with Gasteiger partial charge in [0.05, 0.1) is 12.3 Å². The molecule has 26 heavy (non-hydrogen) atoms. The largest absolute Gasteiger partial charge is 0.487 e. The van der Waals surface area contributed by atoms with Gasteiger partial charge in [-0.15, -0.1) is 0 Å². The Morgan fingerprint density at radius 3 is 2.92 bits per heavy atom. The van der Waals surface area contributed by atoms with E-state index in [0.29, 0.717) is 19.2 Å². The molecule has 0 spiro atoms. The van der Waals surface area contributed by atoms with Crippen molar-refractivity contribution in [2.24, 2.45) is 16.6 Å². The molecule has 2 aliphatic carbocycles. The monoisotopic (exact) mass is 349 g/mol. The summed E-state index contributed by atoms with van der Waals surface area (Å²) in [5.41, 5.74) is 10.3. The van der Waals surface area contributed by atoms with Crippen LogP contribution >= 0.6 is 0 Å². The van der Waals surface area contributed by atoms with E-state index in [1.54, 1.807) is 0 Å². The fourth-order valence-corrected chi connectivity index (χ4v) is 3.81. The molecular formula is C22H27N3O. The van der Waals surface area contributed by atoms with Gasteiger partial charge in [-0.05, 0) is 31.4 Å². The number of allylic oxidation sites excluding steroid dienone is 4. The van der Waals surface area contributed by atoms with Crippen LogP contribution in [-0.2, 0) is 6.54 Å². The van der Waals surface area contributed by atoms with Gasteiger partial charge in [0.2, 0.25) is 0 Å². The van der Waals surface area contributed by atoms with Gasteiger partial charge in [-0.1, -0.05) is 43.2 Å². The Kier molecular flexibility index (Phi) is 5.09. The van der Waals surface area contributed by atoms with E-state index in [0.717, 1.165) is 34.8 Å². The van der Waals surface area contributed by atoms with Crippen LogP contribution < -0.4 is 15.8 Å². The van der Waals surface area contributed by atoms with Gasteiger partial charge in [0, 0.05) is 35.0 Å². The molecule has 1 aliphatic heterocycles. The summed E-state index contributed by atoms with van der Waals surface area (Å²) in [7, 11) is 0. The van der Waals surface area contributed by atoms with E-state index in [1.165, 1.54) is 25.7 Å². The zero-order valence-electron chi connectivity index (χ0n) is 15.2. The lowest BCUT2D eigenvalue weighted by molar-refractivity contribution is 0.377. The predicted octanol–water partition coefficient (Wildman–Crippen LogP) is 4.35. The summed E-state index contributed by atoms with van der Waals surface area (Å²) in [5.74, 6) is 1.19. The number of nitrogens with two attached hydrogens (primary N) is 1. The van der Waals surface area contributed by atoms with Crippen molar-refractivity contribution in [2.75, 3.05) is 11.9 Å². The Bertz CT molecular complexity index is 770. The van der Waals surface area contributed by atoms with Crippen molar-refractivity contribution in [3.05, 3.63) is 59.8 Å². The minimum Gasteiger partial charge on any atom is -0.487 e. The van der Waals surface area contributed by atoms with Crippen LogP contribution in [0.3, 0.4) is 0 Å². The van der Waals surface area contributed by atoms with Crippen LogP contribution in [0.5, 0.6) is 5.75 Å². The van der Waals surface area contributed by atoms with Gasteiger partial charge in [-0.25, -0.2) is 0 Å². The van der Waals surface area contributed by atoms with Crippen LogP contribution in [0.1, 0.15) is 37.7 Å². The minimum atomic E-state index is 0.260. The lowest BCUT2D eigenvalue weighted by atomic mass is 9.97. The highest BCUT2D eigenvalue weighted by atomic mass is 16.5. The number of aliphatic imine (C=N–C) groups is 1. The second-order valence-electron chi connectivity index (χ2n) is 7.34. The first-order valence-corrected chi connectivity index (χ1v) is 9.64. The van der Waals surface area contributed by atoms with E-state index in [9.17, 15) is 0 Å². The van der Waals surface area contributed by atoms with Crippen molar-refractivity contribution in [2.45, 2.75) is 44.7 Å². The van der Waals surface area contributed by atoms with Crippen molar-refractivity contribution in [1.82, 2.24) is 0 Å². The van der Waals surface area contributed by atoms with E-state index in [4.69, 9.17) is 15.5 Å². The summed E-state index contributed by atoms with van der Waals surface area (Å²) in [5, 5.41) is 3.63. The molecule has 1 unspecified atom stereocenters. The van der Waals surface area contributed by atoms with Gasteiger partial charge < -0.3 is 15.8 Å². The minimum absolute atomic E-state index is 0.260. The fraction of sp³-hybridized carbons (Fsp3) is 0.409. The maximum Gasteiger partial charge on any atom is 0.130 e. The Labute approximate surface area is 155 Å². The van der Waals surface area contributed by atoms with Crippen molar-refractivity contribution in [1.29, 1.82) is 0 Å². The average Bonchev–Trinajstić information content (AvgIpc) is 3.10. The average molecular weight is 349 g/mol. The summed E-state index contributed by atoms with van der Waals surface area (Å²) >= 11 is 0. The number of fused-ring (bicyclic) bond motifs is 1. The third kappa shape index (κ3) is 4.01. The SMILES string of the molecule is NC(=CC1=NCc2ccc(NC3CCCC3)cc2OC1)C1C=CC=CC1. The number of hydrogen-bond donors (Lipinski definition) is 2. The van der Waals surface area contributed by atoms with E-state index in [1.807, 2.05) is 6.08 Å². The van der Waals surface area contributed by atoms with Crippen LogP contribution in [0.15, 0.2) is 59.3 Å². The number of anilines is 1. The van der Waals surface area contributed by atoms with E-state index in [2.05, 4.69) is 47.8 Å². The molecule has 1 aromatic carbocycles. The molecule has 3 N–H and O–H groups in total. The summed E-state index contributed by atoms with van der Waals surface area (Å²) in [4.78, 5) is 4.71. The van der Waals surface area contributed by atoms with E-state index in [-0.39, 0.29) is 5.92 Å². The number of rotatable bonds is 4. The molecule has 1 saturated carbocycles. The molecule has 4 nitrogen and oxygen atoms in total. The van der Waals surface area contributed by atoms with Crippen LogP contribution in [0.2, 0.25) is 0 Å². The maximum absolute atomic E-state index is 6.28. The summed E-state index contributed by atoms with van der Waals surface area (Å²) in [6.45, 7) is 1.10. The van der Waals surface area contributed by atoms with Crippen LogP contribution in [0, 0.1) is 5.92 Å². The van der Waals surface area contributed by atoms with E-state index < -0.39 is 0 Å². The van der Waals surface area contributed by atoms with Gasteiger partial charge in [0.1, 0.15) is 12.4 Å². The molecule has 1 fully saturated rings. The Hall–Kier alpha value is -2.49. The third-order valence-corrected chi connectivity index (χ3v) is 5.36. The second kappa shape index (κ2) is 7.81. The molecule has 1 aromatic rings. The van der Waals surface area contributed by atoms with Gasteiger partial charge in [0.15, 0.2) is 0 Å². The molecule has 0 bridgehead atoms. The first kappa shape index (κ1) is 17.0. The highest BCUT2D eigenvalue weighted by Gasteiger charge is 2.17. The molecule has 0 saturated heterocycles. The predicted molar refractivity (Wildman–Crippen MR) is 108 cm³/mol. The van der Waals surface area contributed by atoms with Gasteiger partial charge in [-0.2, -0.15) is 0 Å². The zero-order chi connectivity index (χ0) is 17.8. The number of nitrogens with one attached hydrogen (secondary N) is 1. The van der Waals surface area contributed by atoms with Crippen molar-refractivity contribution < 1.29 is 4.74 Å². The molecule has 1 heterocycles. The smallest absolute Gasteiger partial charge is 0.130 e. The third-order valence-electron chi connectivity index (χ3n) is 5.36. The van der Waals surface area contributed by atoms with Crippen LogP contribution in [-0.4, -0.2) is 18.4 Å². The summed E-state index contributed by atoms with van der Waals surface area (Å²) < 4.78 is 6.05. The Morgan fingerprint density at radius 1 is 1.23 bits per heavy atom. The fourth-order valence-electron chi connectivity index (χ4n) is 3.81. The lowest BCUT2D eigenvalue weighted by Crippen LogP contribution is -2.16. The van der Waals surface area contributed by atoms with Gasteiger partial charge in [-0.3, -0.25) is 4.99 Å². The molecule has 1 atom stereocenters. The number of ether oxygens (including phenoxy) is 1. The van der Waals surface area contributed by atoms with Gasteiger partial charge >= 0.3 is 0 Å². The normalized spacial score (nSPS) is 23.2. The maximum atomic E-state index is 6.28. The molecule has 0 amide bonds. The number of nitrogens with zero attached hydrogens (tertiary/aromatic N) is 1. The zero-order valence-corrected chi connectivity index (χ0v) is 15.2.